The molecule has 64 heavy (non-hydrogen) atoms. The number of carbonyl (C=O) groups is 6. The van der Waals surface area contributed by atoms with E-state index in [9.17, 15) is 49.2 Å². The van der Waals surface area contributed by atoms with Gasteiger partial charge in [-0.25, -0.2) is 8.78 Å². The van der Waals surface area contributed by atoms with Crippen molar-refractivity contribution < 1.29 is 67.4 Å². The molecule has 0 amide bonds. The van der Waals surface area contributed by atoms with E-state index in [0.29, 0.717) is 19.3 Å². The van der Waals surface area contributed by atoms with E-state index in [4.69, 9.17) is 21.1 Å². The number of halogens is 3. The van der Waals surface area contributed by atoms with Gasteiger partial charge in [-0.2, -0.15) is 0 Å². The molecule has 4 N–H and O–H groups in total. The highest BCUT2D eigenvalue weighted by Gasteiger charge is 2.77. The van der Waals surface area contributed by atoms with Gasteiger partial charge in [0.2, 0.25) is 5.78 Å². The molecule has 0 bridgehead atoms. The Bertz CT molecular complexity index is 2140. The summed E-state index contributed by atoms with van der Waals surface area (Å²) in [5.41, 5.74) is -8.84. The number of rotatable bonds is 8. The van der Waals surface area contributed by atoms with Crippen molar-refractivity contribution in [1.82, 2.24) is 0 Å². The number of aliphatic hydroxyl groups excluding tert-OH is 3. The van der Waals surface area contributed by atoms with Crippen LogP contribution in [0.5, 0.6) is 0 Å². The summed E-state index contributed by atoms with van der Waals surface area (Å²) in [6.45, 7) is 10.5. The minimum atomic E-state index is -2.30. The standard InChI is InChI=1S/C27H34F2O7.C22H29ClO5/c1-5-6-23(34)36-26(22(33)14-35-15(2)30)10-8-17-18-12-20(28)19-11-16(31)7-9-24(19,3)27(18,29)21(32)13-25(17,26)4;1-11-6-14-18-15(23)8-12-7-13(25)4-5-20(12,2)19(18)16(26)9-21(14,3)22(11,28)17(27)10-24/h7,9,11,17-18,20-21,32H,5-6,8,10,12-14H2,1-4H3;4-5,7,11,14-16,18-19,24,26,28H,6,8-10H2,1-3H3/t17-,18-,20-,21-,24-,25-,26-,27-;11-,14+,15-,16+,18-,19+,20+,21+,22+/m01/s1. The fourth-order valence-corrected chi connectivity index (χ4v) is 15.4. The van der Waals surface area contributed by atoms with Gasteiger partial charge >= 0.3 is 11.9 Å². The zero-order valence-electron chi connectivity index (χ0n) is 37.7. The highest BCUT2D eigenvalue weighted by atomic mass is 35.5. The van der Waals surface area contributed by atoms with Crippen LogP contribution in [0.15, 0.2) is 47.6 Å². The molecule has 0 heterocycles. The van der Waals surface area contributed by atoms with Gasteiger partial charge in [0.15, 0.2) is 35.2 Å². The summed E-state index contributed by atoms with van der Waals surface area (Å²) in [6.07, 6.45) is 6.56. The lowest BCUT2D eigenvalue weighted by atomic mass is 9.44. The summed E-state index contributed by atoms with van der Waals surface area (Å²) in [6, 6.07) is 0. The normalized spacial score (nSPS) is 47.2. The van der Waals surface area contributed by atoms with E-state index in [1.165, 1.54) is 19.1 Å². The van der Waals surface area contributed by atoms with Crippen molar-refractivity contribution in [3.8, 4) is 0 Å². The summed E-state index contributed by atoms with van der Waals surface area (Å²) in [4.78, 5) is 74.1. The van der Waals surface area contributed by atoms with Gasteiger partial charge < -0.3 is 29.9 Å². The Labute approximate surface area is 377 Å². The molecular formula is C49H63ClF2O12. The molecule has 8 aliphatic rings. The second-order valence-corrected chi connectivity index (χ2v) is 21.5. The van der Waals surface area contributed by atoms with Crippen LogP contribution >= 0.6 is 11.6 Å². The van der Waals surface area contributed by atoms with E-state index < -0.39 is 111 Å². The number of carbonyl (C=O) groups excluding carboxylic acids is 6. The van der Waals surface area contributed by atoms with E-state index in [0.717, 1.165) is 18.6 Å². The average Bonchev–Trinajstić information content (AvgIpc) is 3.62. The highest BCUT2D eigenvalue weighted by Crippen LogP contribution is 2.72. The van der Waals surface area contributed by atoms with E-state index in [-0.39, 0.29) is 78.9 Å². The molecule has 15 heteroatoms. The maximum absolute atomic E-state index is 17.2. The van der Waals surface area contributed by atoms with Crippen LogP contribution in [0.3, 0.4) is 0 Å². The monoisotopic (exact) mass is 916 g/mol. The molecule has 0 radical (unpaired) electrons. The predicted octanol–water partition coefficient (Wildman–Crippen LogP) is 5.54. The van der Waals surface area contributed by atoms with Crippen LogP contribution in [-0.4, -0.2) is 109 Å². The Morgan fingerprint density at radius 1 is 0.922 bits per heavy atom. The number of ketones is 4. The SMILES string of the molecule is CCCC(=O)O[C@]1(C(=O)COC(C)=O)CC[C@H]2[C@@H]3C[C@H](F)C4=CC(=O)C=C[C@]4(C)[C@@]3(F)[C@@H](O)C[C@@]21C.C[C@@H]1C[C@H]2[C@H]3[C@H]([C@@H](O)C[C@]2(C)[C@@]1(O)C(=O)CO)[C@@]1(C)C=CC(=O)C=C1C[C@H]3Cl. The van der Waals surface area contributed by atoms with Gasteiger partial charge in [0.05, 0.1) is 12.2 Å². The van der Waals surface area contributed by atoms with Gasteiger partial charge in [0.1, 0.15) is 18.4 Å². The molecule has 0 unspecified atom stereocenters. The van der Waals surface area contributed by atoms with Crippen LogP contribution in [0.2, 0.25) is 0 Å². The number of alkyl halides is 3. The van der Waals surface area contributed by atoms with E-state index in [1.54, 1.807) is 26.0 Å². The second kappa shape index (κ2) is 16.4. The molecule has 6 saturated carbocycles. The van der Waals surface area contributed by atoms with Crippen LogP contribution < -0.4 is 0 Å². The summed E-state index contributed by atoms with van der Waals surface area (Å²) in [5.74, 6) is -5.26. The molecule has 0 aromatic carbocycles. The molecular weight excluding hydrogens is 854 g/mol. The summed E-state index contributed by atoms with van der Waals surface area (Å²) >= 11 is 6.86. The molecule has 8 rings (SSSR count). The fraction of sp³-hybridized carbons (Fsp3) is 0.714. The Kier molecular flexibility index (Phi) is 12.4. The first-order chi connectivity index (χ1) is 29.8. The minimum absolute atomic E-state index is 0.0148. The van der Waals surface area contributed by atoms with Crippen LogP contribution in [0.1, 0.15) is 106 Å². The van der Waals surface area contributed by atoms with Gasteiger partial charge in [-0.1, -0.05) is 52.3 Å². The quantitative estimate of drug-likeness (QED) is 0.175. The van der Waals surface area contributed by atoms with E-state index >= 15 is 8.78 Å². The molecule has 0 spiro atoms. The molecule has 352 valence electrons. The lowest BCUT2D eigenvalue weighted by Crippen LogP contribution is -2.70. The van der Waals surface area contributed by atoms with Crippen molar-refractivity contribution in [1.29, 1.82) is 0 Å². The predicted molar refractivity (Wildman–Crippen MR) is 229 cm³/mol. The Morgan fingerprint density at radius 2 is 1.58 bits per heavy atom. The largest absolute Gasteiger partial charge is 0.458 e. The first-order valence-corrected chi connectivity index (χ1v) is 23.2. The highest BCUT2D eigenvalue weighted by molar-refractivity contribution is 6.21. The lowest BCUT2D eigenvalue weighted by Gasteiger charge is -2.63. The Balaban J connectivity index is 0.000000197. The minimum Gasteiger partial charge on any atom is -0.458 e. The molecule has 0 aromatic rings. The van der Waals surface area contributed by atoms with Crippen LogP contribution in [0.4, 0.5) is 8.78 Å². The van der Waals surface area contributed by atoms with Crippen molar-refractivity contribution in [2.75, 3.05) is 13.2 Å². The zero-order chi connectivity index (χ0) is 47.3. The van der Waals surface area contributed by atoms with Crippen LogP contribution in [0, 0.1) is 57.2 Å². The molecule has 0 aromatic heterocycles. The maximum Gasteiger partial charge on any atom is 0.306 e. The van der Waals surface area contributed by atoms with Crippen molar-refractivity contribution in [2.24, 2.45) is 57.2 Å². The van der Waals surface area contributed by atoms with Crippen LogP contribution in [-0.2, 0) is 38.2 Å². The molecule has 8 aliphatic carbocycles. The van der Waals surface area contributed by atoms with Crippen molar-refractivity contribution in [3.05, 3.63) is 47.6 Å². The fourth-order valence-electron chi connectivity index (χ4n) is 14.9. The third-order valence-corrected chi connectivity index (χ3v) is 18.4. The molecule has 17 atom stereocenters. The average molecular weight is 917 g/mol. The van der Waals surface area contributed by atoms with Gasteiger partial charge in [-0.15, -0.1) is 11.6 Å². The number of hydrogen-bond acceptors (Lipinski definition) is 12. The second-order valence-electron chi connectivity index (χ2n) is 20.9. The number of aliphatic hydroxyl groups is 4. The molecule has 12 nitrogen and oxygen atoms in total. The first-order valence-electron chi connectivity index (χ1n) is 22.7. The number of allylic oxidation sites excluding steroid dienone is 8. The van der Waals surface area contributed by atoms with E-state index in [1.807, 2.05) is 19.9 Å². The zero-order valence-corrected chi connectivity index (χ0v) is 38.5. The number of ether oxygens (including phenoxy) is 2. The summed E-state index contributed by atoms with van der Waals surface area (Å²) < 4.78 is 43.6. The maximum atomic E-state index is 17.2. The van der Waals surface area contributed by atoms with Crippen molar-refractivity contribution in [2.45, 2.75) is 147 Å². The van der Waals surface area contributed by atoms with Gasteiger partial charge in [-0.3, -0.25) is 28.8 Å². The number of esters is 2. The van der Waals surface area contributed by atoms with E-state index in [2.05, 4.69) is 6.92 Å². The van der Waals surface area contributed by atoms with Crippen LogP contribution in [0.25, 0.3) is 0 Å². The summed E-state index contributed by atoms with van der Waals surface area (Å²) in [7, 11) is 0. The molecule has 0 aliphatic heterocycles. The number of hydrogen-bond donors (Lipinski definition) is 4. The van der Waals surface area contributed by atoms with Crippen molar-refractivity contribution >= 4 is 46.7 Å². The number of fused-ring (bicyclic) bond motifs is 10. The van der Waals surface area contributed by atoms with Gasteiger partial charge in [-0.05, 0) is 112 Å². The lowest BCUT2D eigenvalue weighted by molar-refractivity contribution is -0.229. The van der Waals surface area contributed by atoms with Crippen molar-refractivity contribution in [3.63, 3.8) is 0 Å². The number of Topliss-reactive ketones (excluding diaryl/α,β-unsaturated/α-hetero) is 2. The Hall–Kier alpha value is -3.43. The smallest absolute Gasteiger partial charge is 0.306 e. The topological polar surface area (TPSA) is 202 Å². The third-order valence-electron chi connectivity index (χ3n) is 18.0. The molecule has 6 fully saturated rings. The first kappa shape index (κ1) is 48.5. The third kappa shape index (κ3) is 6.67. The van der Waals surface area contributed by atoms with Gasteiger partial charge in [0, 0.05) is 52.2 Å². The van der Waals surface area contributed by atoms with Gasteiger partial charge in [0.25, 0.3) is 0 Å². The molecule has 0 saturated heterocycles. The Morgan fingerprint density at radius 3 is 2.22 bits per heavy atom. The summed E-state index contributed by atoms with van der Waals surface area (Å²) in [5, 5.41) is 43.4.